The molecule has 1 fully saturated rings. The summed E-state index contributed by atoms with van der Waals surface area (Å²) in [5.41, 5.74) is -0.381. The minimum Gasteiger partial charge on any atom is -0.495 e. The van der Waals surface area contributed by atoms with Gasteiger partial charge in [-0.2, -0.15) is 8.78 Å². The molecule has 30 heavy (non-hydrogen) atoms. The first-order valence-corrected chi connectivity index (χ1v) is 8.18. The van der Waals surface area contributed by atoms with E-state index in [-0.39, 0.29) is 30.0 Å². The fourth-order valence-corrected chi connectivity index (χ4v) is 2.65. The highest BCUT2D eigenvalue weighted by atomic mass is 19.2. The van der Waals surface area contributed by atoms with Gasteiger partial charge in [-0.15, -0.1) is 0 Å². The Morgan fingerprint density at radius 1 is 1.00 bits per heavy atom. The first kappa shape index (κ1) is 21.0. The fraction of sp³-hybridized carbons (Fsp3) is 0.167. The largest absolute Gasteiger partial charge is 0.495 e. The third kappa shape index (κ3) is 3.63. The van der Waals surface area contributed by atoms with E-state index in [1.54, 1.807) is 0 Å². The molecule has 1 aliphatic rings. The van der Waals surface area contributed by atoms with Crippen LogP contribution in [0.1, 0.15) is 16.8 Å². The number of amides is 3. The van der Waals surface area contributed by atoms with Gasteiger partial charge >= 0.3 is 12.0 Å². The van der Waals surface area contributed by atoms with Gasteiger partial charge in [0.1, 0.15) is 5.75 Å². The van der Waals surface area contributed by atoms with E-state index in [0.29, 0.717) is 0 Å². The average Bonchev–Trinajstić information content (AvgIpc) is 2.73. The van der Waals surface area contributed by atoms with Crippen LogP contribution in [0.5, 0.6) is 11.5 Å². The van der Waals surface area contributed by atoms with E-state index in [9.17, 15) is 36.3 Å². The van der Waals surface area contributed by atoms with Gasteiger partial charge in [-0.05, 0) is 18.2 Å². The molecule has 0 aromatic heterocycles. The molecule has 0 saturated carbocycles. The zero-order chi connectivity index (χ0) is 22.2. The zero-order valence-electron chi connectivity index (χ0n) is 15.0. The molecule has 158 valence electrons. The highest BCUT2D eigenvalue weighted by Crippen LogP contribution is 2.33. The summed E-state index contributed by atoms with van der Waals surface area (Å²) in [7, 11) is 1.26. The molecule has 1 aliphatic heterocycles. The molecule has 2 aromatic rings. The van der Waals surface area contributed by atoms with Crippen LogP contribution in [0.2, 0.25) is 0 Å². The second kappa shape index (κ2) is 7.97. The number of anilines is 1. The third-order valence-corrected chi connectivity index (χ3v) is 4.12. The molecule has 0 atom stereocenters. The lowest BCUT2D eigenvalue weighted by atomic mass is 10.1. The van der Waals surface area contributed by atoms with Crippen molar-refractivity contribution in [2.24, 2.45) is 0 Å². The highest BCUT2D eigenvalue weighted by Gasteiger charge is 2.30. The molecule has 1 N–H and O–H groups in total. The van der Waals surface area contributed by atoms with Crippen LogP contribution in [0.25, 0.3) is 0 Å². The first-order valence-electron chi connectivity index (χ1n) is 8.18. The quantitative estimate of drug-likeness (QED) is 0.265. The lowest BCUT2D eigenvalue weighted by molar-refractivity contribution is -0.120. The number of ether oxygens (including phenoxy) is 2. The van der Waals surface area contributed by atoms with Gasteiger partial charge < -0.3 is 9.47 Å². The summed E-state index contributed by atoms with van der Waals surface area (Å²) < 4.78 is 76.7. The number of carbonyl (C=O) groups is 3. The van der Waals surface area contributed by atoms with E-state index < -0.39 is 52.7 Å². The van der Waals surface area contributed by atoms with E-state index in [1.807, 2.05) is 0 Å². The Hall–Kier alpha value is -3.70. The second-order valence-corrected chi connectivity index (χ2v) is 5.93. The van der Waals surface area contributed by atoms with Gasteiger partial charge in [-0.25, -0.2) is 22.8 Å². The Morgan fingerprint density at radius 3 is 2.17 bits per heavy atom. The Balaban J connectivity index is 1.97. The van der Waals surface area contributed by atoms with Crippen molar-refractivity contribution in [2.45, 2.75) is 6.42 Å². The molecule has 12 heteroatoms. The molecule has 3 rings (SSSR count). The minimum atomic E-state index is -2.40. The molecule has 0 bridgehead atoms. The molecule has 1 saturated heterocycles. The molecule has 1 heterocycles. The summed E-state index contributed by atoms with van der Waals surface area (Å²) >= 11 is 0. The fourth-order valence-electron chi connectivity index (χ4n) is 2.65. The number of hydrogen-bond acceptors (Lipinski definition) is 5. The number of benzene rings is 2. The maximum absolute atomic E-state index is 13.7. The summed E-state index contributed by atoms with van der Waals surface area (Å²) in [5.74, 6) is -15.2. The monoisotopic (exact) mass is 430 g/mol. The topological polar surface area (TPSA) is 84.9 Å². The van der Waals surface area contributed by atoms with Crippen LogP contribution in [0.15, 0.2) is 18.2 Å². The first-order chi connectivity index (χ1) is 14.1. The van der Waals surface area contributed by atoms with Gasteiger partial charge in [0.15, 0.2) is 0 Å². The van der Waals surface area contributed by atoms with E-state index >= 15 is 0 Å². The third-order valence-electron chi connectivity index (χ3n) is 4.12. The summed E-state index contributed by atoms with van der Waals surface area (Å²) in [5, 5.41) is 2.06. The molecule has 3 amide bonds. The summed E-state index contributed by atoms with van der Waals surface area (Å²) in [4.78, 5) is 36.7. The predicted octanol–water partition coefficient (Wildman–Crippen LogP) is 3.06. The van der Waals surface area contributed by atoms with Crippen LogP contribution in [0, 0.1) is 29.1 Å². The van der Waals surface area contributed by atoms with E-state index in [1.165, 1.54) is 13.2 Å². The Bertz CT molecular complexity index is 1050. The Morgan fingerprint density at radius 2 is 1.60 bits per heavy atom. The average molecular weight is 430 g/mol. The van der Waals surface area contributed by atoms with Crippen LogP contribution in [-0.2, 0) is 4.79 Å². The number of nitrogens with zero attached hydrogens (tertiary/aromatic N) is 1. The van der Waals surface area contributed by atoms with Crippen molar-refractivity contribution < 1.29 is 45.8 Å². The van der Waals surface area contributed by atoms with Crippen molar-refractivity contribution in [3.8, 4) is 11.5 Å². The summed E-state index contributed by atoms with van der Waals surface area (Å²) in [6.45, 7) is -0.0584. The van der Waals surface area contributed by atoms with Gasteiger partial charge in [0.2, 0.25) is 40.7 Å². The highest BCUT2D eigenvalue weighted by molar-refractivity contribution is 6.07. The maximum Gasteiger partial charge on any atom is 0.343 e. The number of nitrogens with one attached hydrogen (secondary N) is 1. The standard InChI is InChI=1S/C18H11F5N2O5/c1-29-9-3-2-7(6-8(9)25-5-4-10(26)24-18(25)28)17(27)30-16-14(22)12(20)11(19)13(21)15(16)23/h2-3,6H,4-5H2,1H3,(H,24,26,28). The lowest BCUT2D eigenvalue weighted by Gasteiger charge is -2.28. The second-order valence-electron chi connectivity index (χ2n) is 5.93. The normalized spacial score (nSPS) is 13.9. The number of methoxy groups -OCH3 is 1. The van der Waals surface area contributed by atoms with Gasteiger partial charge in [0, 0.05) is 13.0 Å². The van der Waals surface area contributed by atoms with Crippen molar-refractivity contribution in [1.29, 1.82) is 0 Å². The molecule has 7 nitrogen and oxygen atoms in total. The molecule has 0 aliphatic carbocycles. The zero-order valence-corrected chi connectivity index (χ0v) is 15.0. The molecule has 0 spiro atoms. The van der Waals surface area contributed by atoms with E-state index in [4.69, 9.17) is 4.74 Å². The number of imide groups is 1. The summed E-state index contributed by atoms with van der Waals surface area (Å²) in [6, 6.07) is 2.54. The van der Waals surface area contributed by atoms with Crippen molar-refractivity contribution >= 4 is 23.6 Å². The van der Waals surface area contributed by atoms with Gasteiger partial charge in [0.25, 0.3) is 0 Å². The Kier molecular flexibility index (Phi) is 5.58. The van der Waals surface area contributed by atoms with Gasteiger partial charge in [0.05, 0.1) is 18.4 Å². The van der Waals surface area contributed by atoms with Crippen molar-refractivity contribution in [3.63, 3.8) is 0 Å². The molecule has 2 aromatic carbocycles. The molecule has 0 radical (unpaired) electrons. The number of halogens is 5. The van der Waals surface area contributed by atoms with Crippen LogP contribution in [-0.4, -0.2) is 31.6 Å². The Labute approximate surface area is 165 Å². The number of esters is 1. The van der Waals surface area contributed by atoms with E-state index in [0.717, 1.165) is 17.0 Å². The smallest absolute Gasteiger partial charge is 0.343 e. The van der Waals surface area contributed by atoms with Crippen molar-refractivity contribution in [1.82, 2.24) is 5.32 Å². The molecular formula is C18H11F5N2O5. The number of carbonyl (C=O) groups excluding carboxylic acids is 3. The van der Waals surface area contributed by atoms with Gasteiger partial charge in [-0.3, -0.25) is 15.0 Å². The number of urea groups is 1. The van der Waals surface area contributed by atoms with E-state index in [2.05, 4.69) is 10.1 Å². The van der Waals surface area contributed by atoms with Crippen molar-refractivity contribution in [3.05, 3.63) is 52.8 Å². The van der Waals surface area contributed by atoms with Gasteiger partial charge in [-0.1, -0.05) is 0 Å². The maximum atomic E-state index is 13.7. The molecule has 0 unspecified atom stereocenters. The van der Waals surface area contributed by atoms with Crippen LogP contribution in [0.4, 0.5) is 32.4 Å². The van der Waals surface area contributed by atoms with Crippen LogP contribution < -0.4 is 19.7 Å². The number of rotatable bonds is 4. The lowest BCUT2D eigenvalue weighted by Crippen LogP contribution is -2.49. The van der Waals surface area contributed by atoms with Crippen LogP contribution in [0.3, 0.4) is 0 Å². The number of hydrogen-bond donors (Lipinski definition) is 1. The SMILES string of the molecule is COc1ccc(C(=O)Oc2c(F)c(F)c(F)c(F)c2F)cc1N1CCC(=O)NC1=O. The minimum absolute atomic E-state index is 0.00867. The molecular weight excluding hydrogens is 419 g/mol. The summed E-state index contributed by atoms with van der Waals surface area (Å²) in [6.07, 6.45) is -0.0475. The van der Waals surface area contributed by atoms with Crippen LogP contribution >= 0.6 is 0 Å². The van der Waals surface area contributed by atoms with Crippen molar-refractivity contribution in [2.75, 3.05) is 18.6 Å². The predicted molar refractivity (Wildman–Crippen MR) is 89.7 cm³/mol.